The Labute approximate surface area is 206 Å². The van der Waals surface area contributed by atoms with Gasteiger partial charge in [-0.25, -0.2) is 9.67 Å². The van der Waals surface area contributed by atoms with Gasteiger partial charge in [-0.3, -0.25) is 24.3 Å². The van der Waals surface area contributed by atoms with E-state index in [0.29, 0.717) is 32.7 Å². The molecule has 1 unspecified atom stereocenters. The number of nitro groups is 1. The Morgan fingerprint density at radius 3 is 2.80 bits per heavy atom. The summed E-state index contributed by atoms with van der Waals surface area (Å²) in [5.74, 6) is 0.0276. The maximum Gasteiger partial charge on any atom is 0.270 e. The molecule has 35 heavy (non-hydrogen) atoms. The third-order valence-corrected chi connectivity index (χ3v) is 6.82. The molecule has 0 saturated heterocycles. The van der Waals surface area contributed by atoms with Gasteiger partial charge < -0.3 is 5.32 Å². The molecule has 1 amide bonds. The first kappa shape index (κ1) is 22.6. The summed E-state index contributed by atoms with van der Waals surface area (Å²) >= 11 is 7.32. The van der Waals surface area contributed by atoms with Crippen molar-refractivity contribution in [2.75, 3.05) is 11.1 Å². The van der Waals surface area contributed by atoms with Crippen molar-refractivity contribution in [3.8, 4) is 11.8 Å². The van der Waals surface area contributed by atoms with E-state index in [1.807, 2.05) is 6.07 Å². The summed E-state index contributed by atoms with van der Waals surface area (Å²) in [6.45, 7) is 0. The Hall–Kier alpha value is -4.21. The molecule has 2 aromatic heterocycles. The van der Waals surface area contributed by atoms with Gasteiger partial charge in [0, 0.05) is 29.3 Å². The van der Waals surface area contributed by atoms with Crippen LogP contribution in [0.2, 0.25) is 5.02 Å². The Balaban J connectivity index is 1.41. The number of hydrogen-bond acceptors (Lipinski definition) is 8. The van der Waals surface area contributed by atoms with Crippen molar-refractivity contribution in [3.05, 3.63) is 79.7 Å². The third-order valence-electron chi connectivity index (χ3n) is 5.47. The lowest BCUT2D eigenvalue weighted by Gasteiger charge is -2.14. The number of benzene rings is 2. The van der Waals surface area contributed by atoms with Gasteiger partial charge in [0.2, 0.25) is 5.91 Å². The first-order valence-electron chi connectivity index (χ1n) is 10.2. The van der Waals surface area contributed by atoms with E-state index in [0.717, 1.165) is 6.07 Å². The minimum Gasteiger partial charge on any atom is -0.325 e. The molecule has 0 fully saturated rings. The first-order valence-corrected chi connectivity index (χ1v) is 11.6. The fourth-order valence-corrected chi connectivity index (χ4v) is 5.07. The van der Waals surface area contributed by atoms with Crippen LogP contribution in [-0.2, 0) is 4.79 Å². The average Bonchev–Trinajstić information content (AvgIpc) is 3.44. The molecule has 0 saturated carbocycles. The molecule has 174 valence electrons. The van der Waals surface area contributed by atoms with E-state index in [4.69, 9.17) is 11.6 Å². The van der Waals surface area contributed by atoms with Crippen LogP contribution in [0.1, 0.15) is 18.0 Å². The van der Waals surface area contributed by atoms with Crippen LogP contribution < -0.4 is 10.9 Å². The Morgan fingerprint density at radius 1 is 1.31 bits per heavy atom. The van der Waals surface area contributed by atoms with Crippen LogP contribution in [0, 0.1) is 21.4 Å². The minimum atomic E-state index is -0.617. The van der Waals surface area contributed by atoms with Crippen molar-refractivity contribution in [1.82, 2.24) is 19.3 Å². The van der Waals surface area contributed by atoms with Gasteiger partial charge in [0.05, 0.1) is 34.1 Å². The van der Waals surface area contributed by atoms with Gasteiger partial charge in [-0.1, -0.05) is 23.4 Å². The maximum absolute atomic E-state index is 13.3. The van der Waals surface area contributed by atoms with E-state index in [1.165, 1.54) is 34.7 Å². The normalized spacial score (nSPS) is 14.5. The minimum absolute atomic E-state index is 0.0242. The van der Waals surface area contributed by atoms with E-state index < -0.39 is 16.9 Å². The van der Waals surface area contributed by atoms with Crippen LogP contribution in [0.5, 0.6) is 0 Å². The van der Waals surface area contributed by atoms with Crippen molar-refractivity contribution in [3.63, 3.8) is 0 Å². The molecule has 13 heteroatoms. The zero-order valence-corrected chi connectivity index (χ0v) is 19.3. The van der Waals surface area contributed by atoms with E-state index in [1.54, 1.807) is 28.9 Å². The monoisotopic (exact) mass is 507 g/mol. The van der Waals surface area contributed by atoms with Crippen LogP contribution in [0.25, 0.3) is 16.7 Å². The van der Waals surface area contributed by atoms with Crippen LogP contribution in [-0.4, -0.2) is 35.9 Å². The topological polar surface area (TPSA) is 149 Å². The third kappa shape index (κ3) is 4.11. The number of nitriles is 1. The summed E-state index contributed by atoms with van der Waals surface area (Å²) in [5.41, 5.74) is 0.702. The standard InChI is InChI=1S/C22H14ClN7O4S/c23-13-1-3-14(4-2-13)29-20-17(10-25-29)21(32)28-16(11-35-22(28)27-20)8-19(31)26-18-6-5-15(30(33)34)7-12(18)9-24/h1-7,10,16H,8,11H2,(H,26,31). The molecule has 5 rings (SSSR count). The fourth-order valence-electron chi connectivity index (χ4n) is 3.81. The predicted octanol–water partition coefficient (Wildman–Crippen LogP) is 3.69. The highest BCUT2D eigenvalue weighted by Gasteiger charge is 2.30. The van der Waals surface area contributed by atoms with Crippen LogP contribution in [0.15, 0.2) is 58.6 Å². The number of rotatable bonds is 5. The van der Waals surface area contributed by atoms with Crippen LogP contribution in [0.4, 0.5) is 11.4 Å². The Kier molecular flexibility index (Phi) is 5.72. The van der Waals surface area contributed by atoms with Gasteiger partial charge in [-0.15, -0.1) is 0 Å². The number of amides is 1. The van der Waals surface area contributed by atoms with Crippen molar-refractivity contribution in [2.45, 2.75) is 17.6 Å². The number of thioether (sulfide) groups is 1. The van der Waals surface area contributed by atoms with E-state index in [-0.39, 0.29) is 28.9 Å². The predicted molar refractivity (Wildman–Crippen MR) is 129 cm³/mol. The summed E-state index contributed by atoms with van der Waals surface area (Å²) in [7, 11) is 0. The van der Waals surface area contributed by atoms with Gasteiger partial charge in [0.15, 0.2) is 10.8 Å². The Morgan fingerprint density at radius 2 is 2.09 bits per heavy atom. The number of aromatic nitrogens is 4. The number of halogens is 1. The molecule has 2 aromatic carbocycles. The van der Waals surface area contributed by atoms with Crippen molar-refractivity contribution in [1.29, 1.82) is 5.26 Å². The largest absolute Gasteiger partial charge is 0.325 e. The number of anilines is 1. The SMILES string of the molecule is N#Cc1cc([N+](=O)[O-])ccc1NC(=O)CC1CSc2nc3c(cnn3-c3ccc(Cl)cc3)c(=O)n21. The average molecular weight is 508 g/mol. The second kappa shape index (κ2) is 8.86. The highest BCUT2D eigenvalue weighted by molar-refractivity contribution is 7.99. The molecule has 1 atom stereocenters. The lowest BCUT2D eigenvalue weighted by Crippen LogP contribution is -2.27. The van der Waals surface area contributed by atoms with Crippen molar-refractivity contribution < 1.29 is 9.72 Å². The Bertz CT molecular complexity index is 1610. The van der Waals surface area contributed by atoms with Gasteiger partial charge in [0.25, 0.3) is 11.2 Å². The second-order valence-electron chi connectivity index (χ2n) is 7.66. The van der Waals surface area contributed by atoms with Crippen molar-refractivity contribution >= 4 is 51.7 Å². The molecule has 0 bridgehead atoms. The molecule has 1 aliphatic rings. The van der Waals surface area contributed by atoms with E-state index >= 15 is 0 Å². The van der Waals surface area contributed by atoms with Crippen LogP contribution >= 0.6 is 23.4 Å². The smallest absolute Gasteiger partial charge is 0.270 e. The molecular weight excluding hydrogens is 494 g/mol. The number of nitrogens with zero attached hydrogens (tertiary/aromatic N) is 6. The highest BCUT2D eigenvalue weighted by Crippen LogP contribution is 2.34. The summed E-state index contributed by atoms with van der Waals surface area (Å²) in [4.78, 5) is 40.9. The number of nitro benzene ring substituents is 1. The van der Waals surface area contributed by atoms with Crippen molar-refractivity contribution in [2.24, 2.45) is 0 Å². The maximum atomic E-state index is 13.3. The summed E-state index contributed by atoms with van der Waals surface area (Å²) in [6, 6.07) is 12.0. The number of non-ortho nitro benzene ring substituents is 1. The van der Waals surface area contributed by atoms with Gasteiger partial charge >= 0.3 is 0 Å². The van der Waals surface area contributed by atoms with Crippen LogP contribution in [0.3, 0.4) is 0 Å². The number of carbonyl (C=O) groups excluding carboxylic acids is 1. The first-order chi connectivity index (χ1) is 16.9. The number of fused-ring (bicyclic) bond motifs is 2. The molecule has 1 N–H and O–H groups in total. The molecule has 0 aliphatic carbocycles. The molecule has 1 aliphatic heterocycles. The molecule has 0 spiro atoms. The quantitative estimate of drug-likeness (QED) is 0.244. The zero-order chi connectivity index (χ0) is 24.7. The highest BCUT2D eigenvalue weighted by atomic mass is 35.5. The lowest BCUT2D eigenvalue weighted by atomic mass is 10.1. The zero-order valence-electron chi connectivity index (χ0n) is 17.7. The number of nitrogens with one attached hydrogen (secondary N) is 1. The molecule has 0 radical (unpaired) electrons. The molecule has 4 aromatic rings. The molecule has 11 nitrogen and oxygen atoms in total. The molecular formula is C22H14ClN7O4S. The van der Waals surface area contributed by atoms with E-state index in [9.17, 15) is 25.0 Å². The van der Waals surface area contributed by atoms with Gasteiger partial charge in [0.1, 0.15) is 11.5 Å². The van der Waals surface area contributed by atoms with E-state index in [2.05, 4.69) is 15.4 Å². The summed E-state index contributed by atoms with van der Waals surface area (Å²) in [5, 5.41) is 28.5. The lowest BCUT2D eigenvalue weighted by molar-refractivity contribution is -0.384. The van der Waals surface area contributed by atoms with Gasteiger partial charge in [-0.05, 0) is 30.3 Å². The second-order valence-corrected chi connectivity index (χ2v) is 9.08. The number of hydrogen-bond donors (Lipinski definition) is 1. The van der Waals surface area contributed by atoms with Gasteiger partial charge in [-0.2, -0.15) is 10.4 Å². The fraction of sp³-hybridized carbons (Fsp3) is 0.136. The summed E-state index contributed by atoms with van der Waals surface area (Å²) in [6.07, 6.45) is 1.41. The molecule has 3 heterocycles. The number of carbonyl (C=O) groups is 1. The summed E-state index contributed by atoms with van der Waals surface area (Å²) < 4.78 is 3.05.